The smallest absolute Gasteiger partial charge is 0.212 e. The summed E-state index contributed by atoms with van der Waals surface area (Å²) in [4.78, 5) is 8.78. The molecule has 28 heavy (non-hydrogen) atoms. The Morgan fingerprint density at radius 3 is 2.54 bits per heavy atom. The van der Waals surface area contributed by atoms with E-state index < -0.39 is 0 Å². The van der Waals surface area contributed by atoms with Gasteiger partial charge in [0.25, 0.3) is 0 Å². The van der Waals surface area contributed by atoms with Gasteiger partial charge in [-0.3, -0.25) is 0 Å². The van der Waals surface area contributed by atoms with Crippen LogP contribution in [0.15, 0.2) is 47.6 Å². The molecule has 154 valence electrons. The van der Waals surface area contributed by atoms with Gasteiger partial charge in [0.2, 0.25) is 5.88 Å². The Hall–Kier alpha value is -2.23. The van der Waals surface area contributed by atoms with Gasteiger partial charge in [-0.25, -0.2) is 9.98 Å². The van der Waals surface area contributed by atoms with E-state index >= 15 is 0 Å². The molecular formula is C20H29IN4O3. The van der Waals surface area contributed by atoms with Crippen LogP contribution >= 0.6 is 24.0 Å². The van der Waals surface area contributed by atoms with Crippen LogP contribution in [0.4, 0.5) is 0 Å². The molecule has 0 aliphatic rings. The minimum absolute atomic E-state index is 0. The van der Waals surface area contributed by atoms with E-state index in [-0.39, 0.29) is 30.1 Å². The summed E-state index contributed by atoms with van der Waals surface area (Å²) in [7, 11) is 3.24. The summed E-state index contributed by atoms with van der Waals surface area (Å²) in [5.74, 6) is 2.87. The van der Waals surface area contributed by atoms with Crippen molar-refractivity contribution in [3.63, 3.8) is 0 Å². The Morgan fingerprint density at radius 2 is 1.89 bits per heavy atom. The number of aromatic nitrogens is 1. The fourth-order valence-corrected chi connectivity index (χ4v) is 2.33. The van der Waals surface area contributed by atoms with E-state index in [0.717, 1.165) is 29.6 Å². The van der Waals surface area contributed by atoms with E-state index in [9.17, 15) is 0 Å². The Bertz CT molecular complexity index is 726. The van der Waals surface area contributed by atoms with E-state index in [1.807, 2.05) is 50.2 Å². The van der Waals surface area contributed by atoms with Crippen molar-refractivity contribution in [2.24, 2.45) is 4.99 Å². The number of ether oxygens (including phenoxy) is 3. The Kier molecular flexibility index (Phi) is 11.1. The first-order valence-electron chi connectivity index (χ1n) is 8.96. The summed E-state index contributed by atoms with van der Waals surface area (Å²) in [6.45, 7) is 5.95. The SMILES string of the molecule is CCNC(=NCc1ccc(OC)nc1)NCC(C)Oc1cccc(OC)c1.I. The average molecular weight is 500 g/mol. The van der Waals surface area contributed by atoms with Gasteiger partial charge >= 0.3 is 0 Å². The molecule has 2 rings (SSSR count). The lowest BCUT2D eigenvalue weighted by Gasteiger charge is -2.18. The van der Waals surface area contributed by atoms with Gasteiger partial charge in [-0.1, -0.05) is 12.1 Å². The highest BCUT2D eigenvalue weighted by Crippen LogP contribution is 2.19. The van der Waals surface area contributed by atoms with Crippen molar-refractivity contribution in [1.29, 1.82) is 0 Å². The maximum Gasteiger partial charge on any atom is 0.212 e. The Balaban J connectivity index is 0.00000392. The maximum atomic E-state index is 5.92. The molecule has 0 saturated carbocycles. The van der Waals surface area contributed by atoms with Crippen LogP contribution in [0.5, 0.6) is 17.4 Å². The van der Waals surface area contributed by atoms with Crippen LogP contribution in [0.1, 0.15) is 19.4 Å². The molecule has 0 aliphatic carbocycles. The normalized spacial score (nSPS) is 11.8. The third kappa shape index (κ3) is 8.20. The Labute approximate surface area is 183 Å². The van der Waals surface area contributed by atoms with Crippen molar-refractivity contribution in [2.45, 2.75) is 26.5 Å². The van der Waals surface area contributed by atoms with Crippen molar-refractivity contribution in [3.8, 4) is 17.4 Å². The first-order valence-corrected chi connectivity index (χ1v) is 8.96. The molecule has 0 radical (unpaired) electrons. The molecule has 1 atom stereocenters. The van der Waals surface area contributed by atoms with Crippen LogP contribution in [-0.2, 0) is 6.54 Å². The van der Waals surface area contributed by atoms with Gasteiger partial charge in [0.1, 0.15) is 17.6 Å². The summed E-state index contributed by atoms with van der Waals surface area (Å²) in [6, 6.07) is 11.4. The molecule has 0 bridgehead atoms. The number of aliphatic imine (C=N–C) groups is 1. The number of halogens is 1. The minimum Gasteiger partial charge on any atom is -0.497 e. The molecule has 0 fully saturated rings. The second kappa shape index (κ2) is 13.0. The quantitative estimate of drug-likeness (QED) is 0.313. The molecular weight excluding hydrogens is 471 g/mol. The molecule has 7 nitrogen and oxygen atoms in total. The lowest BCUT2D eigenvalue weighted by molar-refractivity contribution is 0.223. The molecule has 0 amide bonds. The zero-order valence-electron chi connectivity index (χ0n) is 16.8. The number of methoxy groups -OCH3 is 2. The van der Waals surface area contributed by atoms with Gasteiger partial charge in [-0.05, 0) is 31.5 Å². The number of hydrogen-bond acceptors (Lipinski definition) is 5. The molecule has 1 unspecified atom stereocenters. The third-order valence-electron chi connectivity index (χ3n) is 3.71. The van der Waals surface area contributed by atoms with Gasteiger partial charge in [0.15, 0.2) is 5.96 Å². The average Bonchev–Trinajstić information content (AvgIpc) is 2.70. The molecule has 0 spiro atoms. The van der Waals surface area contributed by atoms with Crippen LogP contribution in [0.25, 0.3) is 0 Å². The number of rotatable bonds is 9. The number of pyridine rings is 1. The van der Waals surface area contributed by atoms with Crippen LogP contribution < -0.4 is 24.8 Å². The largest absolute Gasteiger partial charge is 0.497 e. The van der Waals surface area contributed by atoms with Crippen LogP contribution in [0, 0.1) is 0 Å². The van der Waals surface area contributed by atoms with E-state index in [2.05, 4.69) is 20.6 Å². The molecule has 0 saturated heterocycles. The van der Waals surface area contributed by atoms with E-state index in [0.29, 0.717) is 19.0 Å². The van der Waals surface area contributed by atoms with Crippen molar-refractivity contribution in [1.82, 2.24) is 15.6 Å². The van der Waals surface area contributed by atoms with Crippen molar-refractivity contribution >= 4 is 29.9 Å². The molecule has 1 aromatic carbocycles. The maximum absolute atomic E-state index is 5.92. The number of guanidine groups is 1. The fourth-order valence-electron chi connectivity index (χ4n) is 2.33. The standard InChI is InChI=1S/C20H28N4O3.HI/c1-5-21-20(24-14-16-9-10-19(26-4)22-13-16)23-12-15(2)27-18-8-6-7-17(11-18)25-3;/h6-11,13,15H,5,12,14H2,1-4H3,(H2,21,23,24);1H. The van der Waals surface area contributed by atoms with Crippen LogP contribution in [0.2, 0.25) is 0 Å². The zero-order chi connectivity index (χ0) is 19.5. The van der Waals surface area contributed by atoms with Gasteiger partial charge in [-0.2, -0.15) is 0 Å². The van der Waals surface area contributed by atoms with Gasteiger partial charge in [-0.15, -0.1) is 24.0 Å². The summed E-state index contributed by atoms with van der Waals surface area (Å²) in [6.07, 6.45) is 1.73. The monoisotopic (exact) mass is 500 g/mol. The summed E-state index contributed by atoms with van der Waals surface area (Å²) < 4.78 is 16.2. The summed E-state index contributed by atoms with van der Waals surface area (Å²) in [5, 5.41) is 6.53. The lowest BCUT2D eigenvalue weighted by atomic mass is 10.3. The zero-order valence-corrected chi connectivity index (χ0v) is 19.1. The number of hydrogen-bond donors (Lipinski definition) is 2. The first kappa shape index (κ1) is 23.8. The molecule has 2 aromatic rings. The molecule has 1 heterocycles. The number of nitrogens with one attached hydrogen (secondary N) is 2. The highest BCUT2D eigenvalue weighted by Gasteiger charge is 2.07. The fraction of sp³-hybridized carbons (Fsp3) is 0.400. The third-order valence-corrected chi connectivity index (χ3v) is 3.71. The minimum atomic E-state index is -0.0383. The molecule has 1 aromatic heterocycles. The van der Waals surface area contributed by atoms with Crippen LogP contribution in [-0.4, -0.2) is 44.4 Å². The van der Waals surface area contributed by atoms with Crippen LogP contribution in [0.3, 0.4) is 0 Å². The second-order valence-electron chi connectivity index (χ2n) is 5.89. The van der Waals surface area contributed by atoms with E-state index in [1.165, 1.54) is 0 Å². The van der Waals surface area contributed by atoms with Crippen molar-refractivity contribution in [3.05, 3.63) is 48.2 Å². The molecule has 0 aliphatic heterocycles. The van der Waals surface area contributed by atoms with E-state index in [4.69, 9.17) is 14.2 Å². The highest BCUT2D eigenvalue weighted by molar-refractivity contribution is 14.0. The van der Waals surface area contributed by atoms with Gasteiger partial charge < -0.3 is 24.8 Å². The topological polar surface area (TPSA) is 77.0 Å². The van der Waals surface area contributed by atoms with Gasteiger partial charge in [0.05, 0.1) is 27.3 Å². The summed E-state index contributed by atoms with van der Waals surface area (Å²) in [5.41, 5.74) is 1.01. The predicted octanol–water partition coefficient (Wildman–Crippen LogP) is 3.24. The summed E-state index contributed by atoms with van der Waals surface area (Å²) >= 11 is 0. The predicted molar refractivity (Wildman–Crippen MR) is 122 cm³/mol. The van der Waals surface area contributed by atoms with Crippen molar-refractivity contribution in [2.75, 3.05) is 27.3 Å². The first-order chi connectivity index (χ1) is 13.1. The van der Waals surface area contributed by atoms with Crippen molar-refractivity contribution < 1.29 is 14.2 Å². The number of benzene rings is 1. The highest BCUT2D eigenvalue weighted by atomic mass is 127. The lowest BCUT2D eigenvalue weighted by Crippen LogP contribution is -2.41. The second-order valence-corrected chi connectivity index (χ2v) is 5.89. The van der Waals surface area contributed by atoms with Gasteiger partial charge in [0, 0.05) is 24.9 Å². The molecule has 8 heteroatoms. The Morgan fingerprint density at radius 1 is 1.11 bits per heavy atom. The van der Waals surface area contributed by atoms with E-state index in [1.54, 1.807) is 20.4 Å². The molecule has 2 N–H and O–H groups in total. The number of nitrogens with zero attached hydrogens (tertiary/aromatic N) is 2.